The number of fused-ring (bicyclic) bond motifs is 2. The minimum absolute atomic E-state index is 0.127. The molecular formula is C21H24IN9O. The van der Waals surface area contributed by atoms with Gasteiger partial charge in [0.15, 0.2) is 16.7 Å². The van der Waals surface area contributed by atoms with Crippen LogP contribution in [0.3, 0.4) is 0 Å². The summed E-state index contributed by atoms with van der Waals surface area (Å²) in [6, 6.07) is 8.41. The van der Waals surface area contributed by atoms with Gasteiger partial charge in [-0.25, -0.2) is 9.67 Å². The SMILES string of the molecule is Cn1c(C(=O)NCC2CC2)nc2c1=NI=NC=2N1CCC(n2nnc3ccccc32)CC1. The number of nitrogens with one attached hydrogen (secondary N) is 1. The first-order chi connectivity index (χ1) is 15.7. The van der Waals surface area contributed by atoms with Crippen molar-refractivity contribution in [2.45, 2.75) is 31.7 Å². The summed E-state index contributed by atoms with van der Waals surface area (Å²) in [5.41, 5.74) is 2.80. The van der Waals surface area contributed by atoms with Crippen LogP contribution in [0, 0.1) is 5.92 Å². The Kier molecular flexibility index (Phi) is 5.00. The number of hydrogen-bond acceptors (Lipinski definition) is 7. The molecule has 2 aliphatic heterocycles. The highest BCUT2D eigenvalue weighted by atomic mass is 127. The molecule has 3 aromatic rings. The van der Waals surface area contributed by atoms with Gasteiger partial charge in [-0.15, -0.1) is 5.10 Å². The van der Waals surface area contributed by atoms with Gasteiger partial charge in [-0.3, -0.25) is 4.79 Å². The van der Waals surface area contributed by atoms with Crippen molar-refractivity contribution < 1.29 is 4.79 Å². The molecule has 4 heterocycles. The van der Waals surface area contributed by atoms with Crippen LogP contribution in [0.1, 0.15) is 42.3 Å². The van der Waals surface area contributed by atoms with Crippen molar-refractivity contribution >= 4 is 44.1 Å². The van der Waals surface area contributed by atoms with Crippen molar-refractivity contribution in [3.8, 4) is 0 Å². The number of hydrogen-bond donors (Lipinski definition) is 1. The van der Waals surface area contributed by atoms with Crippen molar-refractivity contribution in [2.75, 3.05) is 19.6 Å². The van der Waals surface area contributed by atoms with E-state index in [1.54, 1.807) is 0 Å². The molecule has 32 heavy (non-hydrogen) atoms. The first-order valence-corrected chi connectivity index (χ1v) is 12.9. The van der Waals surface area contributed by atoms with Crippen molar-refractivity contribution in [3.63, 3.8) is 0 Å². The van der Waals surface area contributed by atoms with E-state index in [9.17, 15) is 4.79 Å². The molecular weight excluding hydrogens is 521 g/mol. The highest BCUT2D eigenvalue weighted by molar-refractivity contribution is 14.1. The van der Waals surface area contributed by atoms with Gasteiger partial charge < -0.3 is 14.8 Å². The molecule has 10 nitrogen and oxygen atoms in total. The predicted molar refractivity (Wildman–Crippen MR) is 126 cm³/mol. The van der Waals surface area contributed by atoms with Crippen LogP contribution in [0.15, 0.2) is 30.6 Å². The van der Waals surface area contributed by atoms with Gasteiger partial charge in [-0.2, -0.15) is 6.35 Å². The molecule has 0 atom stereocenters. The smallest absolute Gasteiger partial charge is 0.287 e. The average Bonchev–Trinajstić information content (AvgIpc) is 3.47. The molecule has 1 saturated heterocycles. The van der Waals surface area contributed by atoms with Gasteiger partial charge in [-0.1, -0.05) is 17.3 Å². The third-order valence-corrected chi connectivity index (χ3v) is 7.80. The second-order valence-electron chi connectivity index (χ2n) is 8.63. The molecule has 2 fully saturated rings. The Bertz CT molecular complexity index is 1350. The highest BCUT2D eigenvalue weighted by Crippen LogP contribution is 2.29. The molecule has 0 radical (unpaired) electrons. The molecule has 1 amide bonds. The highest BCUT2D eigenvalue weighted by Gasteiger charge is 2.27. The van der Waals surface area contributed by atoms with Gasteiger partial charge in [0.25, 0.3) is 5.91 Å². The molecule has 1 aromatic carbocycles. The Morgan fingerprint density at radius 2 is 2.00 bits per heavy atom. The van der Waals surface area contributed by atoms with Crippen molar-refractivity contribution in [3.05, 3.63) is 40.9 Å². The number of piperidine rings is 1. The Morgan fingerprint density at radius 1 is 1.19 bits per heavy atom. The molecule has 2 aromatic heterocycles. The van der Waals surface area contributed by atoms with Crippen LogP contribution in [-0.2, 0) is 7.05 Å². The number of rotatable bonds is 5. The number of likely N-dealkylation sites (tertiary alicyclic amines) is 1. The monoisotopic (exact) mass is 545 g/mol. The Hall–Kier alpha value is -2.70. The second-order valence-corrected chi connectivity index (χ2v) is 10.0. The number of nitrogens with zero attached hydrogens (tertiary/aromatic N) is 8. The number of benzene rings is 1. The lowest BCUT2D eigenvalue weighted by atomic mass is 10.0. The summed E-state index contributed by atoms with van der Waals surface area (Å²) < 4.78 is 13.3. The van der Waals surface area contributed by atoms with Crippen molar-refractivity contribution in [1.29, 1.82) is 0 Å². The molecule has 1 saturated carbocycles. The quantitative estimate of drug-likeness (QED) is 0.489. The van der Waals surface area contributed by atoms with Crippen molar-refractivity contribution in [1.82, 2.24) is 34.8 Å². The second kappa shape index (κ2) is 8.01. The summed E-state index contributed by atoms with van der Waals surface area (Å²) >= 11 is -0.694. The van der Waals surface area contributed by atoms with E-state index in [-0.39, 0.29) is 5.91 Å². The standard InChI is InChI=1S/C21H24IN9O/c1-29-18-17(24-20(29)21(32)23-12-13-6-7-13)19(26-22-25-18)30-10-8-14(9-11-30)31-16-5-3-2-4-15(16)27-28-31/h2-5,13-14H,6-12H2,1H3,(H,23,32). The number of imidazole rings is 1. The normalized spacial score (nSPS) is 18.9. The average molecular weight is 545 g/mol. The maximum atomic E-state index is 12.7. The van der Waals surface area contributed by atoms with Gasteiger partial charge in [0.05, 0.1) is 11.6 Å². The number of aromatic nitrogens is 5. The fourth-order valence-electron chi connectivity index (χ4n) is 4.39. The largest absolute Gasteiger partial charge is 0.354 e. The van der Waals surface area contributed by atoms with E-state index in [1.165, 1.54) is 12.8 Å². The molecule has 0 unspecified atom stereocenters. The third-order valence-electron chi connectivity index (χ3n) is 6.45. The van der Waals surface area contributed by atoms with Crippen LogP contribution in [0.5, 0.6) is 0 Å². The van der Waals surface area contributed by atoms with Crippen LogP contribution in [-0.4, -0.2) is 55.0 Å². The van der Waals surface area contributed by atoms with E-state index in [0.29, 0.717) is 17.8 Å². The number of amides is 1. The van der Waals surface area contributed by atoms with Gasteiger partial charge in [-0.05, 0) is 43.7 Å². The Labute approximate surface area is 194 Å². The first kappa shape index (κ1) is 19.9. The fraction of sp³-hybridized carbons (Fsp3) is 0.476. The lowest BCUT2D eigenvalue weighted by molar-refractivity contribution is 0.0938. The number of para-hydroxylation sites is 1. The summed E-state index contributed by atoms with van der Waals surface area (Å²) in [5, 5.41) is 12.5. The first-order valence-electron chi connectivity index (χ1n) is 11.0. The van der Waals surface area contributed by atoms with Crippen molar-refractivity contribution in [2.24, 2.45) is 19.3 Å². The molecule has 3 aliphatic rings. The molecule has 0 bridgehead atoms. The van der Waals surface area contributed by atoms with E-state index in [2.05, 4.69) is 39.5 Å². The topological polar surface area (TPSA) is 106 Å². The fourth-order valence-corrected chi connectivity index (χ4v) is 5.99. The molecule has 0 spiro atoms. The lowest BCUT2D eigenvalue weighted by Crippen LogP contribution is -2.40. The molecule has 166 valence electrons. The predicted octanol–water partition coefficient (Wildman–Crippen LogP) is 1.41. The van der Waals surface area contributed by atoms with E-state index in [1.807, 2.05) is 29.8 Å². The van der Waals surface area contributed by atoms with Gasteiger partial charge in [0.2, 0.25) is 5.82 Å². The molecule has 11 heteroatoms. The molecule has 1 aliphatic carbocycles. The van der Waals surface area contributed by atoms with Gasteiger partial charge in [0, 0.05) is 26.7 Å². The van der Waals surface area contributed by atoms with Gasteiger partial charge in [0.1, 0.15) is 26.8 Å². The number of carbonyl (C=O) groups is 1. The maximum absolute atomic E-state index is 12.7. The van der Waals surface area contributed by atoms with Gasteiger partial charge >= 0.3 is 0 Å². The summed E-state index contributed by atoms with van der Waals surface area (Å²) in [5.74, 6) is 1.81. The lowest BCUT2D eigenvalue weighted by Gasteiger charge is -2.33. The Morgan fingerprint density at radius 3 is 2.81 bits per heavy atom. The van der Waals surface area contributed by atoms with Crippen LogP contribution in [0.25, 0.3) is 16.9 Å². The van der Waals surface area contributed by atoms with Crippen LogP contribution >= 0.6 is 21.3 Å². The van der Waals surface area contributed by atoms with E-state index in [0.717, 1.165) is 60.2 Å². The van der Waals surface area contributed by atoms with Crippen LogP contribution in [0.4, 0.5) is 0 Å². The van der Waals surface area contributed by atoms with Crippen LogP contribution in [0.2, 0.25) is 0 Å². The van der Waals surface area contributed by atoms with Crippen LogP contribution < -0.4 is 16.2 Å². The Balaban J connectivity index is 1.25. The summed E-state index contributed by atoms with van der Waals surface area (Å²) in [7, 11) is 1.87. The summed E-state index contributed by atoms with van der Waals surface area (Å²) in [4.78, 5) is 19.7. The number of carbonyl (C=O) groups excluding carboxylic acids is 1. The third kappa shape index (κ3) is 3.51. The minimum atomic E-state index is -0.694. The minimum Gasteiger partial charge on any atom is -0.354 e. The summed E-state index contributed by atoms with van der Waals surface area (Å²) in [6.07, 6.45) is 4.32. The summed E-state index contributed by atoms with van der Waals surface area (Å²) in [6.45, 7) is 2.45. The zero-order valence-electron chi connectivity index (χ0n) is 17.8. The van der Waals surface area contributed by atoms with E-state index in [4.69, 9.17) is 3.15 Å². The van der Waals surface area contributed by atoms with E-state index >= 15 is 0 Å². The molecule has 1 N–H and O–H groups in total. The zero-order chi connectivity index (χ0) is 21.7. The molecule has 6 rings (SSSR count). The number of halogens is 1. The van der Waals surface area contributed by atoms with E-state index < -0.39 is 21.3 Å². The zero-order valence-corrected chi connectivity index (χ0v) is 19.9. The maximum Gasteiger partial charge on any atom is 0.287 e.